The van der Waals surface area contributed by atoms with Crippen LogP contribution in [0.1, 0.15) is 12.8 Å². The van der Waals surface area contributed by atoms with E-state index in [1.807, 2.05) is 0 Å². The summed E-state index contributed by atoms with van der Waals surface area (Å²) >= 11 is 0. The Morgan fingerprint density at radius 1 is 1.53 bits per heavy atom. The number of carboxylic acid groups (broad SMARTS) is 1. The summed E-state index contributed by atoms with van der Waals surface area (Å²) in [6.45, 7) is 0.748. The highest BCUT2D eigenvalue weighted by atomic mass is 19.1. The highest BCUT2D eigenvalue weighted by Gasteiger charge is 2.29. The summed E-state index contributed by atoms with van der Waals surface area (Å²) in [6.07, 6.45) is 1.20. The molecule has 0 saturated carbocycles. The Kier molecular flexibility index (Phi) is 3.64. The van der Waals surface area contributed by atoms with Crippen molar-refractivity contribution in [2.45, 2.75) is 12.8 Å². The van der Waals surface area contributed by atoms with Crippen molar-refractivity contribution < 1.29 is 19.2 Å². The molecular weight excluding hydrogens is 255 g/mol. The van der Waals surface area contributed by atoms with Gasteiger partial charge in [0, 0.05) is 13.1 Å². The molecule has 1 unspecified atom stereocenters. The molecule has 2 rings (SSSR count). The van der Waals surface area contributed by atoms with Crippen molar-refractivity contribution in [1.29, 1.82) is 0 Å². The van der Waals surface area contributed by atoms with E-state index in [0.717, 1.165) is 12.1 Å². The van der Waals surface area contributed by atoms with Crippen molar-refractivity contribution in [3.05, 3.63) is 34.1 Å². The van der Waals surface area contributed by atoms with Gasteiger partial charge in [-0.1, -0.05) is 0 Å². The Hall–Kier alpha value is -2.18. The van der Waals surface area contributed by atoms with Crippen molar-refractivity contribution in [2.75, 3.05) is 18.0 Å². The Morgan fingerprint density at radius 3 is 2.89 bits per heavy atom. The van der Waals surface area contributed by atoms with Gasteiger partial charge in [-0.25, -0.2) is 4.39 Å². The third-order valence-corrected chi connectivity index (χ3v) is 3.25. The van der Waals surface area contributed by atoms with Crippen molar-refractivity contribution >= 4 is 17.3 Å². The first kappa shape index (κ1) is 13.3. The molecule has 102 valence electrons. The molecule has 0 aliphatic carbocycles. The van der Waals surface area contributed by atoms with Gasteiger partial charge in [-0.3, -0.25) is 14.9 Å². The molecule has 7 heteroatoms. The summed E-state index contributed by atoms with van der Waals surface area (Å²) in [6, 6.07) is 3.34. The van der Waals surface area contributed by atoms with Crippen LogP contribution in [0.3, 0.4) is 0 Å². The molecule has 1 N–H and O–H groups in total. The van der Waals surface area contributed by atoms with Crippen LogP contribution in [0.2, 0.25) is 0 Å². The van der Waals surface area contributed by atoms with Gasteiger partial charge in [0.1, 0.15) is 11.5 Å². The van der Waals surface area contributed by atoms with Gasteiger partial charge < -0.3 is 10.0 Å². The van der Waals surface area contributed by atoms with Gasteiger partial charge in [0.15, 0.2) is 0 Å². The fraction of sp³-hybridized carbons (Fsp3) is 0.417. The second-order valence-corrected chi connectivity index (χ2v) is 4.51. The van der Waals surface area contributed by atoms with E-state index < -0.39 is 22.6 Å². The molecule has 1 aromatic carbocycles. The molecule has 1 aromatic rings. The van der Waals surface area contributed by atoms with Crippen LogP contribution < -0.4 is 4.90 Å². The molecular formula is C12H13FN2O4. The molecule has 1 fully saturated rings. The average Bonchev–Trinajstić information content (AvgIpc) is 2.38. The van der Waals surface area contributed by atoms with Crippen LogP contribution in [0.25, 0.3) is 0 Å². The van der Waals surface area contributed by atoms with E-state index in [4.69, 9.17) is 5.11 Å². The van der Waals surface area contributed by atoms with Crippen LogP contribution >= 0.6 is 0 Å². The van der Waals surface area contributed by atoms with Crippen LogP contribution in [0, 0.1) is 21.8 Å². The number of benzene rings is 1. The molecule has 0 spiro atoms. The number of nitrogens with zero attached hydrogens (tertiary/aromatic N) is 2. The molecule has 0 radical (unpaired) electrons. The maximum atomic E-state index is 13.1. The zero-order valence-corrected chi connectivity index (χ0v) is 10.1. The van der Waals surface area contributed by atoms with Crippen LogP contribution in [0.4, 0.5) is 15.8 Å². The molecule has 6 nitrogen and oxygen atoms in total. The van der Waals surface area contributed by atoms with E-state index in [0.29, 0.717) is 19.4 Å². The number of piperidine rings is 1. The third kappa shape index (κ3) is 2.81. The predicted molar refractivity (Wildman–Crippen MR) is 65.6 cm³/mol. The smallest absolute Gasteiger partial charge is 0.308 e. The molecule has 1 aliphatic heterocycles. The maximum absolute atomic E-state index is 13.1. The Morgan fingerprint density at radius 2 is 2.26 bits per heavy atom. The Bertz CT molecular complexity index is 520. The van der Waals surface area contributed by atoms with Crippen LogP contribution in [-0.2, 0) is 4.79 Å². The number of carboxylic acids is 1. The largest absolute Gasteiger partial charge is 0.481 e. The second kappa shape index (κ2) is 5.21. The van der Waals surface area contributed by atoms with Crippen LogP contribution in [-0.4, -0.2) is 29.1 Å². The van der Waals surface area contributed by atoms with Crippen LogP contribution in [0.5, 0.6) is 0 Å². The summed E-state index contributed by atoms with van der Waals surface area (Å²) in [4.78, 5) is 22.9. The summed E-state index contributed by atoms with van der Waals surface area (Å²) < 4.78 is 13.1. The van der Waals surface area contributed by atoms with Gasteiger partial charge in [-0.2, -0.15) is 0 Å². The van der Waals surface area contributed by atoms with E-state index in [1.54, 1.807) is 4.90 Å². The van der Waals surface area contributed by atoms with E-state index in [2.05, 4.69) is 0 Å². The maximum Gasteiger partial charge on any atom is 0.308 e. The number of hydrogen-bond acceptors (Lipinski definition) is 4. The lowest BCUT2D eigenvalue weighted by Crippen LogP contribution is -2.39. The molecule has 1 saturated heterocycles. The summed E-state index contributed by atoms with van der Waals surface area (Å²) in [5.41, 5.74) is -0.0524. The van der Waals surface area contributed by atoms with Crippen molar-refractivity contribution in [1.82, 2.24) is 0 Å². The van der Waals surface area contributed by atoms with Gasteiger partial charge >= 0.3 is 5.97 Å². The number of aliphatic carboxylic acids is 1. The topological polar surface area (TPSA) is 83.7 Å². The lowest BCUT2D eigenvalue weighted by molar-refractivity contribution is -0.384. The Labute approximate surface area is 108 Å². The summed E-state index contributed by atoms with van der Waals surface area (Å²) in [5.74, 6) is -2.13. The lowest BCUT2D eigenvalue weighted by atomic mass is 9.97. The molecule has 0 aromatic heterocycles. The van der Waals surface area contributed by atoms with Gasteiger partial charge in [-0.15, -0.1) is 0 Å². The number of hydrogen-bond donors (Lipinski definition) is 1. The number of carbonyl (C=O) groups is 1. The van der Waals surface area contributed by atoms with Gasteiger partial charge in [0.2, 0.25) is 0 Å². The van der Waals surface area contributed by atoms with E-state index in [9.17, 15) is 19.3 Å². The molecule has 19 heavy (non-hydrogen) atoms. The number of halogens is 1. The Balaban J connectivity index is 2.30. The predicted octanol–water partition coefficient (Wildman–Crippen LogP) is 2.03. The van der Waals surface area contributed by atoms with Gasteiger partial charge in [0.25, 0.3) is 5.69 Å². The number of nitro benzene ring substituents is 1. The van der Waals surface area contributed by atoms with Crippen molar-refractivity contribution in [2.24, 2.45) is 5.92 Å². The monoisotopic (exact) mass is 268 g/mol. The lowest BCUT2D eigenvalue weighted by Gasteiger charge is -2.32. The van der Waals surface area contributed by atoms with E-state index >= 15 is 0 Å². The molecule has 1 heterocycles. The second-order valence-electron chi connectivity index (χ2n) is 4.51. The summed E-state index contributed by atoms with van der Waals surface area (Å²) in [5, 5.41) is 19.9. The SMILES string of the molecule is O=C(O)C1CCCN(c2ccc(F)cc2[N+](=O)[O-])C1. The van der Waals surface area contributed by atoms with Crippen molar-refractivity contribution in [3.8, 4) is 0 Å². The van der Waals surface area contributed by atoms with Gasteiger partial charge in [0.05, 0.1) is 16.9 Å². The quantitative estimate of drug-likeness (QED) is 0.669. The first-order valence-corrected chi connectivity index (χ1v) is 5.90. The normalized spacial score (nSPS) is 19.2. The van der Waals surface area contributed by atoms with E-state index in [1.165, 1.54) is 6.07 Å². The minimum Gasteiger partial charge on any atom is -0.481 e. The minimum atomic E-state index is -0.908. The van der Waals surface area contributed by atoms with Crippen LogP contribution in [0.15, 0.2) is 18.2 Å². The van der Waals surface area contributed by atoms with E-state index in [-0.39, 0.29) is 17.9 Å². The fourth-order valence-corrected chi connectivity index (χ4v) is 2.31. The molecule has 0 amide bonds. The molecule has 1 atom stereocenters. The highest BCUT2D eigenvalue weighted by molar-refractivity contribution is 5.72. The molecule has 0 bridgehead atoms. The third-order valence-electron chi connectivity index (χ3n) is 3.25. The number of anilines is 1. The average molecular weight is 268 g/mol. The first-order chi connectivity index (χ1) is 8.99. The molecule has 1 aliphatic rings. The van der Waals surface area contributed by atoms with Crippen molar-refractivity contribution in [3.63, 3.8) is 0 Å². The zero-order chi connectivity index (χ0) is 14.0. The standard InChI is InChI=1S/C12H13FN2O4/c13-9-3-4-10(11(6-9)15(18)19)14-5-1-2-8(7-14)12(16)17/h3-4,6,8H,1-2,5,7H2,(H,16,17). The first-order valence-electron chi connectivity index (χ1n) is 5.90. The fourth-order valence-electron chi connectivity index (χ4n) is 2.31. The highest BCUT2D eigenvalue weighted by Crippen LogP contribution is 2.32. The zero-order valence-electron chi connectivity index (χ0n) is 10.1. The number of rotatable bonds is 3. The van der Waals surface area contributed by atoms with Gasteiger partial charge in [-0.05, 0) is 25.0 Å². The number of nitro groups is 1. The summed E-state index contributed by atoms with van der Waals surface area (Å²) in [7, 11) is 0. The minimum absolute atomic E-state index is 0.210.